The molecule has 2 aromatic rings. The van der Waals surface area contributed by atoms with E-state index >= 15 is 0 Å². The average molecular weight is 375 g/mol. The van der Waals surface area contributed by atoms with Crippen LogP contribution < -0.4 is 0 Å². The van der Waals surface area contributed by atoms with Gasteiger partial charge >= 0.3 is 0 Å². The van der Waals surface area contributed by atoms with Crippen LogP contribution in [0.15, 0.2) is 42.5 Å². The van der Waals surface area contributed by atoms with Crippen LogP contribution in [0.25, 0.3) is 0 Å². The summed E-state index contributed by atoms with van der Waals surface area (Å²) in [6.45, 7) is 4.31. The van der Waals surface area contributed by atoms with Gasteiger partial charge in [0, 0.05) is 42.3 Å². The highest BCUT2D eigenvalue weighted by Gasteiger charge is 2.23. The molecule has 0 atom stereocenters. The van der Waals surface area contributed by atoms with E-state index in [1.165, 1.54) is 12.1 Å². The first-order valence-electron chi connectivity index (χ1n) is 8.50. The lowest BCUT2D eigenvalue weighted by molar-refractivity contribution is 0.0624. The predicted molar refractivity (Wildman–Crippen MR) is 99.3 cm³/mol. The van der Waals surface area contributed by atoms with E-state index in [0.717, 1.165) is 0 Å². The van der Waals surface area contributed by atoms with Crippen LogP contribution >= 0.6 is 11.6 Å². The molecule has 1 amide bonds. The third kappa shape index (κ3) is 4.29. The number of aryl methyl sites for hydroxylation is 1. The molecule has 0 aliphatic carbocycles. The summed E-state index contributed by atoms with van der Waals surface area (Å²) in [7, 11) is 0. The summed E-state index contributed by atoms with van der Waals surface area (Å²) in [4.78, 5) is 28.7. The van der Waals surface area contributed by atoms with E-state index in [1.54, 1.807) is 42.2 Å². The maximum atomic E-state index is 13.3. The largest absolute Gasteiger partial charge is 0.336 e. The lowest BCUT2D eigenvalue weighted by Crippen LogP contribution is -2.49. The standard InChI is InChI=1S/C20H20ClFN2O2/c1-14-12-16(4-7-18(14)22)19(25)13-23-8-10-24(11-9-23)20(26)15-2-5-17(21)6-3-15/h2-7,12H,8-11,13H2,1H3. The Morgan fingerprint density at radius 1 is 1.00 bits per heavy atom. The lowest BCUT2D eigenvalue weighted by Gasteiger charge is -2.34. The summed E-state index contributed by atoms with van der Waals surface area (Å²) >= 11 is 5.85. The van der Waals surface area contributed by atoms with Gasteiger partial charge in [0.1, 0.15) is 5.82 Å². The van der Waals surface area contributed by atoms with Crippen molar-refractivity contribution in [2.45, 2.75) is 6.92 Å². The van der Waals surface area contributed by atoms with E-state index < -0.39 is 0 Å². The number of carbonyl (C=O) groups excluding carboxylic acids is 2. The highest BCUT2D eigenvalue weighted by atomic mass is 35.5. The second-order valence-corrected chi connectivity index (χ2v) is 6.90. The fraction of sp³-hybridized carbons (Fsp3) is 0.300. The number of ketones is 1. The van der Waals surface area contributed by atoms with Gasteiger partial charge in [-0.1, -0.05) is 11.6 Å². The zero-order valence-electron chi connectivity index (χ0n) is 14.5. The molecule has 0 unspecified atom stereocenters. The van der Waals surface area contributed by atoms with Crippen LogP contribution in [0.3, 0.4) is 0 Å². The van der Waals surface area contributed by atoms with Gasteiger partial charge in [0.15, 0.2) is 5.78 Å². The number of rotatable bonds is 4. The number of halogens is 2. The molecular weight excluding hydrogens is 355 g/mol. The molecule has 1 fully saturated rings. The summed E-state index contributed by atoms with van der Waals surface area (Å²) in [6.07, 6.45) is 0. The Labute approximate surface area is 157 Å². The Balaban J connectivity index is 1.54. The molecule has 0 spiro atoms. The quantitative estimate of drug-likeness (QED) is 0.770. The van der Waals surface area contributed by atoms with Crippen LogP contribution in [0.1, 0.15) is 26.3 Å². The first-order chi connectivity index (χ1) is 12.4. The van der Waals surface area contributed by atoms with Crippen LogP contribution in [-0.2, 0) is 0 Å². The topological polar surface area (TPSA) is 40.6 Å². The third-order valence-electron chi connectivity index (χ3n) is 4.60. The van der Waals surface area contributed by atoms with Crippen molar-refractivity contribution in [2.24, 2.45) is 0 Å². The number of hydrogen-bond donors (Lipinski definition) is 0. The van der Waals surface area contributed by atoms with E-state index in [-0.39, 0.29) is 24.1 Å². The van der Waals surface area contributed by atoms with Crippen molar-refractivity contribution in [1.29, 1.82) is 0 Å². The Hall–Kier alpha value is -2.24. The van der Waals surface area contributed by atoms with Crippen molar-refractivity contribution < 1.29 is 14.0 Å². The summed E-state index contributed by atoms with van der Waals surface area (Å²) in [5, 5.41) is 0.598. The molecule has 0 N–H and O–H groups in total. The number of Topliss-reactive ketones (excluding diaryl/α,β-unsaturated/α-hetero) is 1. The second kappa shape index (κ2) is 7.98. The van der Waals surface area contributed by atoms with E-state index in [1.807, 2.05) is 4.90 Å². The van der Waals surface area contributed by atoms with Gasteiger partial charge in [0.05, 0.1) is 6.54 Å². The van der Waals surface area contributed by atoms with Gasteiger partial charge in [-0.3, -0.25) is 14.5 Å². The van der Waals surface area contributed by atoms with E-state index in [9.17, 15) is 14.0 Å². The number of hydrogen-bond acceptors (Lipinski definition) is 3. The minimum absolute atomic E-state index is 0.0261. The molecule has 1 saturated heterocycles. The number of piperazine rings is 1. The molecule has 2 aromatic carbocycles. The van der Waals surface area contributed by atoms with Gasteiger partial charge < -0.3 is 4.90 Å². The highest BCUT2D eigenvalue weighted by Crippen LogP contribution is 2.14. The van der Waals surface area contributed by atoms with Crippen molar-refractivity contribution in [3.05, 3.63) is 70.0 Å². The maximum absolute atomic E-state index is 13.3. The molecule has 26 heavy (non-hydrogen) atoms. The molecule has 0 saturated carbocycles. The molecular formula is C20H20ClFN2O2. The minimum atomic E-state index is -0.309. The molecule has 4 nitrogen and oxygen atoms in total. The molecule has 1 heterocycles. The number of benzene rings is 2. The van der Waals surface area contributed by atoms with Gasteiger partial charge in [0.25, 0.3) is 5.91 Å². The fourth-order valence-electron chi connectivity index (χ4n) is 3.00. The van der Waals surface area contributed by atoms with Gasteiger partial charge in [-0.2, -0.15) is 0 Å². The minimum Gasteiger partial charge on any atom is -0.336 e. The van der Waals surface area contributed by atoms with E-state index in [0.29, 0.717) is 47.9 Å². The second-order valence-electron chi connectivity index (χ2n) is 6.46. The molecule has 0 radical (unpaired) electrons. The van der Waals surface area contributed by atoms with Gasteiger partial charge in [0.2, 0.25) is 0 Å². The van der Waals surface area contributed by atoms with Crippen LogP contribution in [0, 0.1) is 12.7 Å². The average Bonchev–Trinajstić information content (AvgIpc) is 2.64. The molecule has 0 bridgehead atoms. The Kier molecular flexibility index (Phi) is 5.69. The van der Waals surface area contributed by atoms with Crippen LogP contribution in [0.2, 0.25) is 5.02 Å². The van der Waals surface area contributed by atoms with Crippen LogP contribution in [-0.4, -0.2) is 54.2 Å². The zero-order valence-corrected chi connectivity index (χ0v) is 15.3. The smallest absolute Gasteiger partial charge is 0.253 e. The first-order valence-corrected chi connectivity index (χ1v) is 8.88. The van der Waals surface area contributed by atoms with Gasteiger partial charge in [-0.15, -0.1) is 0 Å². The van der Waals surface area contributed by atoms with Gasteiger partial charge in [-0.25, -0.2) is 4.39 Å². The van der Waals surface area contributed by atoms with E-state index in [2.05, 4.69) is 0 Å². The Morgan fingerprint density at radius 2 is 1.62 bits per heavy atom. The van der Waals surface area contributed by atoms with Crippen molar-refractivity contribution in [3.63, 3.8) is 0 Å². The van der Waals surface area contributed by atoms with Gasteiger partial charge in [-0.05, 0) is 55.0 Å². The SMILES string of the molecule is Cc1cc(C(=O)CN2CCN(C(=O)c3ccc(Cl)cc3)CC2)ccc1F. The van der Waals surface area contributed by atoms with Crippen molar-refractivity contribution in [1.82, 2.24) is 9.80 Å². The lowest BCUT2D eigenvalue weighted by atomic mass is 10.1. The zero-order chi connectivity index (χ0) is 18.7. The molecule has 1 aliphatic heterocycles. The molecule has 1 aliphatic rings. The molecule has 3 rings (SSSR count). The fourth-order valence-corrected chi connectivity index (χ4v) is 3.12. The maximum Gasteiger partial charge on any atom is 0.253 e. The summed E-state index contributed by atoms with van der Waals surface area (Å²) in [5.41, 5.74) is 1.60. The molecule has 0 aromatic heterocycles. The summed E-state index contributed by atoms with van der Waals surface area (Å²) in [5.74, 6) is -0.372. The van der Waals surface area contributed by atoms with Crippen molar-refractivity contribution in [3.8, 4) is 0 Å². The normalized spacial score (nSPS) is 15.1. The first kappa shape index (κ1) is 18.5. The predicted octanol–water partition coefficient (Wildman–Crippen LogP) is 3.43. The van der Waals surface area contributed by atoms with Crippen molar-refractivity contribution in [2.75, 3.05) is 32.7 Å². The molecule has 6 heteroatoms. The molecule has 136 valence electrons. The van der Waals surface area contributed by atoms with Crippen molar-refractivity contribution >= 4 is 23.3 Å². The number of amides is 1. The van der Waals surface area contributed by atoms with Crippen LogP contribution in [0.5, 0.6) is 0 Å². The van der Waals surface area contributed by atoms with E-state index in [4.69, 9.17) is 11.6 Å². The Bertz CT molecular complexity index is 815. The highest BCUT2D eigenvalue weighted by molar-refractivity contribution is 6.30. The summed E-state index contributed by atoms with van der Waals surface area (Å²) in [6, 6.07) is 11.3. The number of nitrogens with zero attached hydrogens (tertiary/aromatic N) is 2. The number of carbonyl (C=O) groups is 2. The third-order valence-corrected chi connectivity index (χ3v) is 4.85. The monoisotopic (exact) mass is 374 g/mol. The van der Waals surface area contributed by atoms with Crippen LogP contribution in [0.4, 0.5) is 4.39 Å². The summed E-state index contributed by atoms with van der Waals surface area (Å²) < 4.78 is 13.3. The Morgan fingerprint density at radius 3 is 2.23 bits per heavy atom.